The lowest BCUT2D eigenvalue weighted by Gasteiger charge is -2.33. The number of hydrogen-bond acceptors (Lipinski definition) is 4. The van der Waals surface area contributed by atoms with E-state index in [2.05, 4.69) is 17.5 Å². The van der Waals surface area contributed by atoms with Crippen LogP contribution in [0.5, 0.6) is 0 Å². The van der Waals surface area contributed by atoms with Crippen molar-refractivity contribution in [3.05, 3.63) is 0 Å². The van der Waals surface area contributed by atoms with Gasteiger partial charge in [0.1, 0.15) is 5.44 Å². The van der Waals surface area contributed by atoms with Crippen LogP contribution < -0.4 is 5.73 Å². The van der Waals surface area contributed by atoms with Crippen molar-refractivity contribution in [1.29, 1.82) is 0 Å². The number of nitrogens with zero attached hydrogens (tertiary/aromatic N) is 1. The highest BCUT2D eigenvalue weighted by Gasteiger charge is 2.47. The van der Waals surface area contributed by atoms with Crippen molar-refractivity contribution in [3.8, 4) is 0 Å². The van der Waals surface area contributed by atoms with E-state index in [1.165, 1.54) is 0 Å². The van der Waals surface area contributed by atoms with Crippen LogP contribution in [0.2, 0.25) is 0 Å². The maximum atomic E-state index is 5.74. The summed E-state index contributed by atoms with van der Waals surface area (Å²) >= 11 is 9.41. The van der Waals surface area contributed by atoms with Crippen molar-refractivity contribution in [1.82, 2.24) is 4.90 Å². The summed E-state index contributed by atoms with van der Waals surface area (Å²) in [5, 5.41) is 0. The first-order valence-electron chi connectivity index (χ1n) is 4.94. The summed E-state index contributed by atoms with van der Waals surface area (Å²) in [6.07, 6.45) is 2.30. The lowest BCUT2D eigenvalue weighted by atomic mass is 10.1. The van der Waals surface area contributed by atoms with E-state index in [9.17, 15) is 0 Å². The summed E-state index contributed by atoms with van der Waals surface area (Å²) < 4.78 is 5.36. The number of nitrogens with two attached hydrogens (primary N) is 1. The maximum Gasteiger partial charge on any atom is 0.113 e. The third-order valence-electron chi connectivity index (χ3n) is 3.03. The summed E-state index contributed by atoms with van der Waals surface area (Å²) in [7, 11) is 0. The standard InChI is InChI=1S/C9H16N2OS2/c10-8(14)9(1-2-9)6-11-3-4-12-7(13)5-11/h7,13H,1-6H2,(H2,10,14). The molecule has 1 aliphatic carbocycles. The molecule has 1 atom stereocenters. The second-order valence-electron chi connectivity index (χ2n) is 4.21. The first-order chi connectivity index (χ1) is 6.62. The molecule has 0 aromatic heterocycles. The van der Waals surface area contributed by atoms with Crippen LogP contribution in [0.15, 0.2) is 0 Å². The minimum absolute atomic E-state index is 0.0471. The highest BCUT2D eigenvalue weighted by molar-refractivity contribution is 7.80. The van der Waals surface area contributed by atoms with E-state index in [0.717, 1.165) is 39.1 Å². The van der Waals surface area contributed by atoms with Gasteiger partial charge < -0.3 is 10.5 Å². The van der Waals surface area contributed by atoms with Gasteiger partial charge in [0, 0.05) is 25.0 Å². The molecule has 1 saturated heterocycles. The molecule has 0 aromatic carbocycles. The Morgan fingerprint density at radius 3 is 2.86 bits per heavy atom. The Morgan fingerprint density at radius 2 is 2.36 bits per heavy atom. The molecule has 0 aromatic rings. The summed E-state index contributed by atoms with van der Waals surface area (Å²) in [5.41, 5.74) is 5.93. The fourth-order valence-corrected chi connectivity index (χ4v) is 2.49. The van der Waals surface area contributed by atoms with E-state index in [0.29, 0.717) is 4.99 Å². The smallest absolute Gasteiger partial charge is 0.113 e. The molecule has 5 heteroatoms. The normalized spacial score (nSPS) is 31.4. The summed E-state index contributed by atoms with van der Waals surface area (Å²) in [4.78, 5) is 3.03. The van der Waals surface area contributed by atoms with Gasteiger partial charge >= 0.3 is 0 Å². The molecule has 0 radical (unpaired) electrons. The lowest BCUT2D eigenvalue weighted by Crippen LogP contribution is -2.45. The molecule has 2 rings (SSSR count). The predicted molar refractivity (Wildman–Crippen MR) is 63.6 cm³/mol. The van der Waals surface area contributed by atoms with Crippen LogP contribution in [0, 0.1) is 5.41 Å². The van der Waals surface area contributed by atoms with Crippen molar-refractivity contribution in [2.75, 3.05) is 26.2 Å². The van der Waals surface area contributed by atoms with Gasteiger partial charge in [0.25, 0.3) is 0 Å². The van der Waals surface area contributed by atoms with Crippen molar-refractivity contribution < 1.29 is 4.74 Å². The third-order valence-corrected chi connectivity index (χ3v) is 3.78. The Labute approximate surface area is 95.4 Å². The van der Waals surface area contributed by atoms with Crippen LogP contribution in [0.25, 0.3) is 0 Å². The minimum Gasteiger partial charge on any atom is -0.393 e. The quantitative estimate of drug-likeness (QED) is 0.553. The number of thiocarbonyl (C=S) groups is 1. The molecule has 1 aliphatic heterocycles. The zero-order chi connectivity index (χ0) is 10.2. The molecule has 0 spiro atoms. The van der Waals surface area contributed by atoms with E-state index in [-0.39, 0.29) is 10.9 Å². The van der Waals surface area contributed by atoms with Crippen molar-refractivity contribution in [2.45, 2.75) is 18.3 Å². The number of ether oxygens (including phenoxy) is 1. The summed E-state index contributed by atoms with van der Waals surface area (Å²) in [5.74, 6) is 0. The molecule has 1 heterocycles. The van der Waals surface area contributed by atoms with Crippen LogP contribution in [0.3, 0.4) is 0 Å². The van der Waals surface area contributed by atoms with Crippen molar-refractivity contribution >= 4 is 29.8 Å². The predicted octanol–water partition coefficient (Wildman–Crippen LogP) is 0.641. The molecule has 0 amide bonds. The Morgan fingerprint density at radius 1 is 1.64 bits per heavy atom. The molecule has 1 unspecified atom stereocenters. The Bertz CT molecular complexity index is 243. The van der Waals surface area contributed by atoms with Gasteiger partial charge in [-0.3, -0.25) is 4.90 Å². The van der Waals surface area contributed by atoms with Crippen LogP contribution in [0.1, 0.15) is 12.8 Å². The van der Waals surface area contributed by atoms with Crippen molar-refractivity contribution in [2.24, 2.45) is 11.1 Å². The van der Waals surface area contributed by atoms with Gasteiger partial charge in [0.2, 0.25) is 0 Å². The van der Waals surface area contributed by atoms with E-state index in [4.69, 9.17) is 22.7 Å². The zero-order valence-corrected chi connectivity index (χ0v) is 9.82. The average Bonchev–Trinajstić information content (AvgIpc) is 2.85. The monoisotopic (exact) mass is 232 g/mol. The van der Waals surface area contributed by atoms with Gasteiger partial charge in [-0.2, -0.15) is 0 Å². The van der Waals surface area contributed by atoms with E-state index < -0.39 is 0 Å². The Balaban J connectivity index is 1.88. The van der Waals surface area contributed by atoms with Gasteiger partial charge in [-0.1, -0.05) is 12.2 Å². The fraction of sp³-hybridized carbons (Fsp3) is 0.889. The van der Waals surface area contributed by atoms with Crippen molar-refractivity contribution in [3.63, 3.8) is 0 Å². The second kappa shape index (κ2) is 3.96. The number of hydrogen-bond donors (Lipinski definition) is 2. The SMILES string of the molecule is NC(=S)C1(CN2CCOC(S)C2)CC1. The first-order valence-corrected chi connectivity index (χ1v) is 5.87. The Hall–Kier alpha value is 0.160. The van der Waals surface area contributed by atoms with E-state index in [1.54, 1.807) is 0 Å². The molecular formula is C9H16N2OS2. The fourth-order valence-electron chi connectivity index (χ4n) is 1.89. The van der Waals surface area contributed by atoms with Crippen LogP contribution in [0.4, 0.5) is 0 Å². The van der Waals surface area contributed by atoms with E-state index >= 15 is 0 Å². The molecular weight excluding hydrogens is 216 g/mol. The largest absolute Gasteiger partial charge is 0.393 e. The second-order valence-corrected chi connectivity index (χ2v) is 5.22. The molecule has 80 valence electrons. The van der Waals surface area contributed by atoms with Gasteiger partial charge in [-0.05, 0) is 12.8 Å². The molecule has 3 nitrogen and oxygen atoms in total. The van der Waals surface area contributed by atoms with Crippen LogP contribution in [-0.2, 0) is 4.74 Å². The first kappa shape index (κ1) is 10.7. The molecule has 2 aliphatic rings. The lowest BCUT2D eigenvalue weighted by molar-refractivity contribution is 0.0149. The molecule has 2 N–H and O–H groups in total. The molecule has 14 heavy (non-hydrogen) atoms. The van der Waals surface area contributed by atoms with Gasteiger partial charge in [-0.15, -0.1) is 12.6 Å². The third kappa shape index (κ3) is 2.21. The number of morpholine rings is 1. The van der Waals surface area contributed by atoms with Gasteiger partial charge in [0.05, 0.1) is 11.6 Å². The van der Waals surface area contributed by atoms with Crippen LogP contribution >= 0.6 is 24.8 Å². The Kier molecular flexibility index (Phi) is 3.02. The maximum absolute atomic E-state index is 5.74. The average molecular weight is 232 g/mol. The number of thiol groups is 1. The molecule has 2 fully saturated rings. The minimum atomic E-state index is 0.0471. The molecule has 0 bridgehead atoms. The topological polar surface area (TPSA) is 38.5 Å². The van der Waals surface area contributed by atoms with Gasteiger partial charge in [-0.25, -0.2) is 0 Å². The van der Waals surface area contributed by atoms with Gasteiger partial charge in [0.15, 0.2) is 0 Å². The summed E-state index contributed by atoms with van der Waals surface area (Å²) in [6, 6.07) is 0. The summed E-state index contributed by atoms with van der Waals surface area (Å²) in [6.45, 7) is 3.61. The number of rotatable bonds is 3. The van der Waals surface area contributed by atoms with E-state index in [1.807, 2.05) is 0 Å². The highest BCUT2D eigenvalue weighted by atomic mass is 32.1. The highest BCUT2D eigenvalue weighted by Crippen LogP contribution is 2.46. The van der Waals surface area contributed by atoms with Crippen LogP contribution in [-0.4, -0.2) is 41.6 Å². The molecule has 1 saturated carbocycles. The zero-order valence-electron chi connectivity index (χ0n) is 8.11.